The summed E-state index contributed by atoms with van der Waals surface area (Å²) in [5.74, 6) is -1.33. The van der Waals surface area contributed by atoms with Crippen molar-refractivity contribution in [2.24, 2.45) is 20.7 Å². The SMILES string of the molecule is NC1=NC(=O)C2=NC(=O)N([C@H]3C[C@H](O)[C@@H](COP(=O)(O)O)O3)C2=N1. The average Bonchev–Trinajstić information content (AvgIpc) is 2.96. The Hall–Kier alpha value is -2.02. The highest BCUT2D eigenvalue weighted by molar-refractivity contribution is 7.46. The second-order valence-electron chi connectivity index (χ2n) is 5.04. The van der Waals surface area contributed by atoms with Gasteiger partial charge in [-0.05, 0) is 0 Å². The molecule has 3 amide bonds. The van der Waals surface area contributed by atoms with Crippen molar-refractivity contribution >= 4 is 37.3 Å². The maximum absolute atomic E-state index is 12.0. The summed E-state index contributed by atoms with van der Waals surface area (Å²) in [5, 5.41) is 9.91. The number of hydrogen-bond donors (Lipinski definition) is 4. The number of aliphatic hydroxyl groups is 1. The Morgan fingerprint density at radius 3 is 2.71 bits per heavy atom. The Labute approximate surface area is 133 Å². The number of aliphatic hydroxyl groups excluding tert-OH is 1. The van der Waals surface area contributed by atoms with Gasteiger partial charge in [0.2, 0.25) is 5.96 Å². The summed E-state index contributed by atoms with van der Waals surface area (Å²) >= 11 is 0. The van der Waals surface area contributed by atoms with E-state index in [0.717, 1.165) is 4.90 Å². The smallest absolute Gasteiger partial charge is 0.390 e. The van der Waals surface area contributed by atoms with Crippen LogP contribution in [0.4, 0.5) is 4.79 Å². The first kappa shape index (κ1) is 16.8. The number of urea groups is 1. The molecular formula is C10H12N5O8P. The summed E-state index contributed by atoms with van der Waals surface area (Å²) < 4.78 is 20.4. The van der Waals surface area contributed by atoms with Crippen molar-refractivity contribution in [1.82, 2.24) is 4.90 Å². The van der Waals surface area contributed by atoms with Gasteiger partial charge < -0.3 is 25.4 Å². The van der Waals surface area contributed by atoms with Crippen LogP contribution in [-0.2, 0) is 18.6 Å². The predicted octanol–water partition coefficient (Wildman–Crippen LogP) is -2.30. The van der Waals surface area contributed by atoms with Crippen LogP contribution in [0.1, 0.15) is 6.42 Å². The third kappa shape index (κ3) is 3.13. The Kier molecular flexibility index (Phi) is 4.07. The largest absolute Gasteiger partial charge is 0.469 e. The third-order valence-corrected chi connectivity index (χ3v) is 3.88. The van der Waals surface area contributed by atoms with Gasteiger partial charge in [-0.1, -0.05) is 0 Å². The van der Waals surface area contributed by atoms with Crippen molar-refractivity contribution in [2.75, 3.05) is 6.61 Å². The highest BCUT2D eigenvalue weighted by atomic mass is 31.2. The number of nitrogens with two attached hydrogens (primary N) is 1. The van der Waals surface area contributed by atoms with Crippen molar-refractivity contribution in [2.45, 2.75) is 24.9 Å². The van der Waals surface area contributed by atoms with Gasteiger partial charge in [-0.25, -0.2) is 14.3 Å². The molecule has 3 heterocycles. The first-order valence-corrected chi connectivity index (χ1v) is 8.12. The summed E-state index contributed by atoms with van der Waals surface area (Å²) in [4.78, 5) is 52.7. The van der Waals surface area contributed by atoms with Gasteiger partial charge in [0.1, 0.15) is 12.3 Å². The molecule has 0 aromatic carbocycles. The van der Waals surface area contributed by atoms with E-state index in [9.17, 15) is 19.3 Å². The Morgan fingerprint density at radius 1 is 1.33 bits per heavy atom. The highest BCUT2D eigenvalue weighted by Gasteiger charge is 2.47. The van der Waals surface area contributed by atoms with Crippen LogP contribution in [0.3, 0.4) is 0 Å². The summed E-state index contributed by atoms with van der Waals surface area (Å²) in [6.07, 6.45) is -3.42. The van der Waals surface area contributed by atoms with Gasteiger partial charge in [-0.2, -0.15) is 15.0 Å². The van der Waals surface area contributed by atoms with Crippen LogP contribution < -0.4 is 5.73 Å². The highest BCUT2D eigenvalue weighted by Crippen LogP contribution is 2.37. The zero-order valence-corrected chi connectivity index (χ0v) is 12.7. The molecule has 5 N–H and O–H groups in total. The van der Waals surface area contributed by atoms with Crippen LogP contribution in [-0.4, -0.2) is 74.3 Å². The normalized spacial score (nSPS) is 30.2. The van der Waals surface area contributed by atoms with E-state index < -0.39 is 44.8 Å². The molecule has 13 nitrogen and oxygen atoms in total. The van der Waals surface area contributed by atoms with E-state index in [1.54, 1.807) is 0 Å². The van der Waals surface area contributed by atoms with Crippen LogP contribution in [0.2, 0.25) is 0 Å². The number of hydrogen-bond acceptors (Lipinski definition) is 8. The quantitative estimate of drug-likeness (QED) is 0.398. The summed E-state index contributed by atoms with van der Waals surface area (Å²) in [7, 11) is -4.74. The fourth-order valence-corrected chi connectivity index (χ4v) is 2.74. The zero-order valence-electron chi connectivity index (χ0n) is 11.8. The third-order valence-electron chi connectivity index (χ3n) is 3.39. The van der Waals surface area contributed by atoms with E-state index in [4.69, 9.17) is 20.3 Å². The summed E-state index contributed by atoms with van der Waals surface area (Å²) in [6, 6.07) is -0.851. The number of rotatable bonds is 4. The number of carbonyl (C=O) groups is 2. The second kappa shape index (κ2) is 5.81. The van der Waals surface area contributed by atoms with Crippen LogP contribution >= 0.6 is 7.82 Å². The van der Waals surface area contributed by atoms with Gasteiger partial charge in [0.25, 0.3) is 0 Å². The molecule has 0 aromatic rings. The van der Waals surface area contributed by atoms with E-state index in [1.165, 1.54) is 0 Å². The van der Waals surface area contributed by atoms with Crippen LogP contribution in [0.5, 0.6) is 0 Å². The number of guanidine groups is 1. The molecule has 0 radical (unpaired) electrons. The number of ether oxygens (including phenoxy) is 1. The molecule has 0 aromatic heterocycles. The van der Waals surface area contributed by atoms with E-state index in [1.807, 2.05) is 0 Å². The number of nitrogens with zero attached hydrogens (tertiary/aromatic N) is 4. The first-order valence-electron chi connectivity index (χ1n) is 6.59. The van der Waals surface area contributed by atoms with Crippen molar-refractivity contribution in [3.05, 3.63) is 0 Å². The minimum Gasteiger partial charge on any atom is -0.390 e. The number of phosphoric acid groups is 1. The summed E-state index contributed by atoms with van der Waals surface area (Å²) in [5.41, 5.74) is 5.10. The minimum atomic E-state index is -4.74. The van der Waals surface area contributed by atoms with Gasteiger partial charge in [0.15, 0.2) is 11.5 Å². The molecule has 1 saturated heterocycles. The summed E-state index contributed by atoms with van der Waals surface area (Å²) in [6.45, 7) is -0.591. The maximum atomic E-state index is 12.0. The lowest BCUT2D eigenvalue weighted by atomic mass is 10.2. The molecule has 3 aliphatic rings. The lowest BCUT2D eigenvalue weighted by Crippen LogP contribution is -2.45. The van der Waals surface area contributed by atoms with Gasteiger partial charge in [-0.3, -0.25) is 9.32 Å². The lowest BCUT2D eigenvalue weighted by molar-refractivity contribution is -0.111. The molecule has 3 atom stereocenters. The standard InChI is InChI=1S/C10H12N5O8P/c11-9-13-7-6(8(17)14-9)12-10(18)15(7)5-1-3(16)4(23-5)2-22-24(19,20)21/h3-5,16H,1-2H2,(H2,11,14,17)(H2,19,20,21)/t3-,4+,5+/m0/s1. The van der Waals surface area contributed by atoms with Crippen molar-refractivity contribution in [3.8, 4) is 0 Å². The molecule has 0 unspecified atom stereocenters. The molecule has 0 bridgehead atoms. The number of phosphoric ester groups is 1. The average molecular weight is 361 g/mol. The number of amides is 3. The van der Waals surface area contributed by atoms with E-state index in [0.29, 0.717) is 0 Å². The zero-order chi connectivity index (χ0) is 17.6. The van der Waals surface area contributed by atoms with Gasteiger partial charge in [-0.15, -0.1) is 0 Å². The Balaban J connectivity index is 1.76. The molecule has 0 spiro atoms. The molecule has 14 heteroatoms. The first-order chi connectivity index (χ1) is 11.2. The molecule has 3 aliphatic heterocycles. The molecular weight excluding hydrogens is 349 g/mol. The van der Waals surface area contributed by atoms with Crippen molar-refractivity contribution < 1.29 is 38.3 Å². The molecule has 24 heavy (non-hydrogen) atoms. The molecule has 0 aliphatic carbocycles. The monoisotopic (exact) mass is 361 g/mol. The van der Waals surface area contributed by atoms with Crippen LogP contribution in [0.15, 0.2) is 15.0 Å². The number of fused-ring (bicyclic) bond motifs is 1. The number of amidine groups is 1. The predicted molar refractivity (Wildman–Crippen MR) is 76.0 cm³/mol. The van der Waals surface area contributed by atoms with Crippen molar-refractivity contribution in [3.63, 3.8) is 0 Å². The lowest BCUT2D eigenvalue weighted by Gasteiger charge is -2.24. The molecule has 0 saturated carbocycles. The Bertz CT molecular complexity index is 742. The topological polar surface area (TPSA) is 197 Å². The van der Waals surface area contributed by atoms with Crippen molar-refractivity contribution in [1.29, 1.82) is 0 Å². The Morgan fingerprint density at radius 2 is 2.04 bits per heavy atom. The second-order valence-corrected chi connectivity index (χ2v) is 6.28. The van der Waals surface area contributed by atoms with Gasteiger partial charge in [0, 0.05) is 6.42 Å². The molecule has 3 rings (SSSR count). The molecule has 1 fully saturated rings. The van der Waals surface area contributed by atoms with E-state index in [-0.39, 0.29) is 23.9 Å². The van der Waals surface area contributed by atoms with Gasteiger partial charge >= 0.3 is 19.8 Å². The minimum absolute atomic E-state index is 0.103. The number of aliphatic imine (C=N–C) groups is 3. The fourth-order valence-electron chi connectivity index (χ4n) is 2.40. The molecule has 130 valence electrons. The van der Waals surface area contributed by atoms with E-state index >= 15 is 0 Å². The van der Waals surface area contributed by atoms with Gasteiger partial charge in [0.05, 0.1) is 12.7 Å². The van der Waals surface area contributed by atoms with E-state index in [2.05, 4.69) is 19.5 Å². The van der Waals surface area contributed by atoms with Crippen LogP contribution in [0, 0.1) is 0 Å². The fraction of sp³-hybridized carbons (Fsp3) is 0.500. The number of carbonyl (C=O) groups excluding carboxylic acids is 2. The maximum Gasteiger partial charge on any atom is 0.469 e. The van der Waals surface area contributed by atoms with Crippen LogP contribution in [0.25, 0.3) is 0 Å².